The van der Waals surface area contributed by atoms with E-state index in [1.54, 1.807) is 51.1 Å². The molecule has 7 heteroatoms. The lowest BCUT2D eigenvalue weighted by atomic mass is 10.0. The van der Waals surface area contributed by atoms with Crippen LogP contribution in [0, 0.1) is 12.5 Å². The van der Waals surface area contributed by atoms with Gasteiger partial charge in [0.1, 0.15) is 18.2 Å². The smallest absolute Gasteiger partial charge is 0.408 e. The summed E-state index contributed by atoms with van der Waals surface area (Å²) in [5.74, 6) is -1.00. The third-order valence-electron chi connectivity index (χ3n) is 3.24. The predicted octanol–water partition coefficient (Wildman–Crippen LogP) is 2.20. The lowest BCUT2D eigenvalue weighted by molar-refractivity contribution is -0.136. The van der Waals surface area contributed by atoms with Crippen molar-refractivity contribution in [2.24, 2.45) is 0 Å². The van der Waals surface area contributed by atoms with Crippen LogP contribution in [0.5, 0.6) is 0 Å². The Bertz CT molecular complexity index is 702. The zero-order valence-corrected chi connectivity index (χ0v) is 16.4. The van der Waals surface area contributed by atoms with Crippen LogP contribution < -0.4 is 10.6 Å². The number of carbonyl (C=O) groups excluding carboxylic acids is 3. The molecule has 0 saturated heterocycles. The number of rotatable bonds is 6. The van der Waals surface area contributed by atoms with Crippen molar-refractivity contribution in [2.45, 2.75) is 52.3 Å². The second kappa shape index (κ2) is 9.62. The highest BCUT2D eigenvalue weighted by atomic mass is 16.6. The third-order valence-corrected chi connectivity index (χ3v) is 3.24. The molecule has 0 heterocycles. The van der Waals surface area contributed by atoms with Crippen molar-refractivity contribution >= 4 is 17.9 Å². The largest absolute Gasteiger partial charge is 0.444 e. The molecule has 0 saturated carbocycles. The molecule has 2 N–H and O–H groups in total. The first kappa shape index (κ1) is 22.0. The Hall–Kier alpha value is -3.01. The Balaban J connectivity index is 2.97. The minimum absolute atomic E-state index is 0.127. The minimum Gasteiger partial charge on any atom is -0.444 e. The summed E-state index contributed by atoms with van der Waals surface area (Å²) >= 11 is 0. The molecule has 0 bridgehead atoms. The molecule has 146 valence electrons. The fourth-order valence-corrected chi connectivity index (χ4v) is 2.25. The van der Waals surface area contributed by atoms with Crippen LogP contribution in [0.3, 0.4) is 0 Å². The van der Waals surface area contributed by atoms with Crippen LogP contribution in [0.4, 0.5) is 4.79 Å². The Labute approximate surface area is 160 Å². The van der Waals surface area contributed by atoms with Gasteiger partial charge in [-0.2, -0.15) is 0 Å². The van der Waals surface area contributed by atoms with Gasteiger partial charge in [0.15, 0.2) is 0 Å². The standard InChI is InChI=1S/C20H27N3O4/c1-7-23(16(24)13-21-19(26)27-20(4,5)6)17(18(25)22-14(2)3)15-11-9-8-10-12-15/h1,8-12,14,17H,13H2,2-6H3,(H,21,26)(H,22,25). The third kappa shape index (κ3) is 7.40. The summed E-state index contributed by atoms with van der Waals surface area (Å²) < 4.78 is 5.09. The average Bonchev–Trinajstić information content (AvgIpc) is 2.55. The van der Waals surface area contributed by atoms with Crippen molar-refractivity contribution in [3.63, 3.8) is 0 Å². The molecule has 0 aliphatic heterocycles. The van der Waals surface area contributed by atoms with E-state index in [0.29, 0.717) is 5.56 Å². The van der Waals surface area contributed by atoms with Gasteiger partial charge >= 0.3 is 6.09 Å². The lowest BCUT2D eigenvalue weighted by Crippen LogP contribution is -2.46. The van der Waals surface area contributed by atoms with Gasteiger partial charge in [0.25, 0.3) is 5.91 Å². The van der Waals surface area contributed by atoms with Gasteiger partial charge in [-0.15, -0.1) is 0 Å². The van der Waals surface area contributed by atoms with E-state index in [1.165, 1.54) is 0 Å². The van der Waals surface area contributed by atoms with Gasteiger partial charge in [-0.3, -0.25) is 14.5 Å². The molecule has 1 unspecified atom stereocenters. The quantitative estimate of drug-likeness (QED) is 0.591. The Kier molecular flexibility index (Phi) is 7.85. The molecule has 1 aromatic rings. The fraction of sp³-hybridized carbons (Fsp3) is 0.450. The summed E-state index contributed by atoms with van der Waals surface area (Å²) in [6, 6.07) is 9.85. The molecule has 0 radical (unpaired) electrons. The predicted molar refractivity (Wildman–Crippen MR) is 102 cm³/mol. The highest BCUT2D eigenvalue weighted by molar-refractivity contribution is 5.91. The summed E-state index contributed by atoms with van der Waals surface area (Å²) in [5.41, 5.74) is -0.123. The maximum atomic E-state index is 12.7. The van der Waals surface area contributed by atoms with Gasteiger partial charge in [0.2, 0.25) is 5.91 Å². The van der Waals surface area contributed by atoms with Gasteiger partial charge in [-0.25, -0.2) is 4.79 Å². The first-order chi connectivity index (χ1) is 12.5. The molecule has 27 heavy (non-hydrogen) atoms. The van der Waals surface area contributed by atoms with Gasteiger partial charge in [0, 0.05) is 12.1 Å². The van der Waals surface area contributed by atoms with Crippen molar-refractivity contribution in [1.29, 1.82) is 0 Å². The summed E-state index contributed by atoms with van der Waals surface area (Å²) in [4.78, 5) is 38.0. The van der Waals surface area contributed by atoms with Crippen molar-refractivity contribution in [3.8, 4) is 12.5 Å². The molecule has 0 aliphatic rings. The molecule has 0 spiro atoms. The number of alkyl carbamates (subject to hydrolysis) is 1. The normalized spacial score (nSPS) is 11.9. The molecule has 1 atom stereocenters. The SMILES string of the molecule is C#CN(C(=O)CNC(=O)OC(C)(C)C)C(C(=O)NC(C)C)c1ccccc1. The van der Waals surface area contributed by atoms with Crippen LogP contribution in [0.2, 0.25) is 0 Å². The Morgan fingerprint density at radius 3 is 2.26 bits per heavy atom. The van der Waals surface area contributed by atoms with Crippen LogP contribution >= 0.6 is 0 Å². The van der Waals surface area contributed by atoms with E-state index in [0.717, 1.165) is 4.90 Å². The number of nitrogens with zero attached hydrogens (tertiary/aromatic N) is 1. The summed E-state index contributed by atoms with van der Waals surface area (Å²) in [6.45, 7) is 8.37. The molecule has 3 amide bonds. The van der Waals surface area contributed by atoms with Crippen LogP contribution in [-0.4, -0.2) is 41.0 Å². The zero-order valence-electron chi connectivity index (χ0n) is 16.4. The zero-order chi connectivity index (χ0) is 20.6. The first-order valence-corrected chi connectivity index (χ1v) is 8.65. The minimum atomic E-state index is -1.01. The number of ether oxygens (including phenoxy) is 1. The van der Waals surface area contributed by atoms with Crippen LogP contribution in [0.15, 0.2) is 30.3 Å². The molecule has 1 rings (SSSR count). The van der Waals surface area contributed by atoms with E-state index in [-0.39, 0.29) is 6.04 Å². The van der Waals surface area contributed by atoms with Gasteiger partial charge < -0.3 is 15.4 Å². The summed E-state index contributed by atoms with van der Waals surface area (Å²) in [6.07, 6.45) is 4.78. The van der Waals surface area contributed by atoms with E-state index < -0.39 is 36.1 Å². The van der Waals surface area contributed by atoms with Gasteiger partial charge in [-0.05, 0) is 40.2 Å². The number of benzene rings is 1. The van der Waals surface area contributed by atoms with Crippen LogP contribution in [-0.2, 0) is 14.3 Å². The van der Waals surface area contributed by atoms with E-state index in [2.05, 4.69) is 16.7 Å². The highest BCUT2D eigenvalue weighted by Crippen LogP contribution is 2.21. The second-order valence-electron chi connectivity index (χ2n) is 7.22. The summed E-state index contributed by atoms with van der Waals surface area (Å²) in [7, 11) is 0. The Morgan fingerprint density at radius 1 is 1.19 bits per heavy atom. The number of terminal acetylenes is 1. The molecule has 1 aromatic carbocycles. The highest BCUT2D eigenvalue weighted by Gasteiger charge is 2.31. The molecular weight excluding hydrogens is 346 g/mol. The monoisotopic (exact) mass is 373 g/mol. The number of nitrogens with one attached hydrogen (secondary N) is 2. The van der Waals surface area contributed by atoms with Crippen LogP contribution in [0.25, 0.3) is 0 Å². The van der Waals surface area contributed by atoms with E-state index in [1.807, 2.05) is 13.8 Å². The van der Waals surface area contributed by atoms with Crippen molar-refractivity contribution in [1.82, 2.24) is 15.5 Å². The lowest BCUT2D eigenvalue weighted by Gasteiger charge is -2.27. The number of amides is 3. The molecule has 0 fully saturated rings. The average molecular weight is 373 g/mol. The van der Waals surface area contributed by atoms with Crippen molar-refractivity contribution in [3.05, 3.63) is 35.9 Å². The molecular formula is C20H27N3O4. The summed E-state index contributed by atoms with van der Waals surface area (Å²) in [5, 5.41) is 5.13. The van der Waals surface area contributed by atoms with Crippen molar-refractivity contribution < 1.29 is 19.1 Å². The second-order valence-corrected chi connectivity index (χ2v) is 7.22. The van der Waals surface area contributed by atoms with E-state index >= 15 is 0 Å². The van der Waals surface area contributed by atoms with E-state index in [4.69, 9.17) is 11.2 Å². The van der Waals surface area contributed by atoms with Crippen molar-refractivity contribution in [2.75, 3.05) is 6.54 Å². The topological polar surface area (TPSA) is 87.7 Å². The molecule has 7 nitrogen and oxygen atoms in total. The van der Waals surface area contributed by atoms with Gasteiger partial charge in [-0.1, -0.05) is 36.8 Å². The maximum absolute atomic E-state index is 12.7. The number of hydrogen-bond donors (Lipinski definition) is 2. The molecule has 0 aliphatic carbocycles. The first-order valence-electron chi connectivity index (χ1n) is 8.65. The number of hydrogen-bond acceptors (Lipinski definition) is 4. The molecule has 0 aromatic heterocycles. The number of carbonyl (C=O) groups is 3. The van der Waals surface area contributed by atoms with E-state index in [9.17, 15) is 14.4 Å². The Morgan fingerprint density at radius 2 is 1.78 bits per heavy atom. The van der Waals surface area contributed by atoms with Crippen LogP contribution in [0.1, 0.15) is 46.2 Å². The van der Waals surface area contributed by atoms with Gasteiger partial charge in [0.05, 0.1) is 0 Å². The maximum Gasteiger partial charge on any atom is 0.408 e. The fourth-order valence-electron chi connectivity index (χ4n) is 2.25.